The average Bonchev–Trinajstić information content (AvgIpc) is 4.19. The van der Waals surface area contributed by atoms with Gasteiger partial charge in [0.25, 0.3) is 5.69 Å². The number of nitrogen functional groups attached to an aromatic ring is 4. The van der Waals surface area contributed by atoms with E-state index in [0.717, 1.165) is 38.9 Å². The quantitative estimate of drug-likeness (QED) is 0.0499. The van der Waals surface area contributed by atoms with Gasteiger partial charge in [-0.25, -0.2) is 4.79 Å². The number of ether oxygens (including phenoxy) is 1. The first-order valence-corrected chi connectivity index (χ1v) is 23.0. The zero-order valence-electron chi connectivity index (χ0n) is 39.5. The molecular weight excluding hydrogens is 949 g/mol. The maximum atomic E-state index is 11.6. The van der Waals surface area contributed by atoms with E-state index in [1.165, 1.54) is 12.1 Å². The lowest BCUT2D eigenvalue weighted by Gasteiger charge is -2.06. The zero-order chi connectivity index (χ0) is 53.4. The number of nitro benzene ring substituents is 1. The van der Waals surface area contributed by atoms with Crippen LogP contribution in [0.5, 0.6) is 0 Å². The van der Waals surface area contributed by atoms with Gasteiger partial charge in [-0.2, -0.15) is 37.6 Å². The summed E-state index contributed by atoms with van der Waals surface area (Å²) in [5.41, 5.74) is 35.3. The van der Waals surface area contributed by atoms with Crippen molar-refractivity contribution >= 4 is 45.7 Å². The molecule has 0 fully saturated rings. The average molecular weight is 993 g/mol. The molecule has 0 spiro atoms. The first-order valence-electron chi connectivity index (χ1n) is 22.0. The maximum Gasteiger partial charge on any atom is 0.338 e. The number of non-ortho nitro benzene ring substituents is 1. The topological polar surface area (TPSA) is 306 Å². The first kappa shape index (κ1) is 54.0. The van der Waals surface area contributed by atoms with Gasteiger partial charge in [-0.15, -0.1) is 0 Å². The van der Waals surface area contributed by atoms with Crippen molar-refractivity contribution in [2.75, 3.05) is 29.5 Å². The molecule has 0 bridgehead atoms. The van der Waals surface area contributed by atoms with Crippen LogP contribution < -0.4 is 22.9 Å². The summed E-state index contributed by atoms with van der Waals surface area (Å²) in [5, 5.41) is 58.1. The highest BCUT2D eigenvalue weighted by Gasteiger charge is 2.10. The first-order chi connectivity index (χ1) is 35.8. The lowest BCUT2D eigenvalue weighted by Crippen LogP contribution is -2.04. The van der Waals surface area contributed by atoms with Crippen molar-refractivity contribution in [3.05, 3.63) is 231 Å². The summed E-state index contributed by atoms with van der Waals surface area (Å²) in [5.74, 6) is -0.335. The third-order valence-electron chi connectivity index (χ3n) is 10.4. The van der Waals surface area contributed by atoms with Crippen molar-refractivity contribution in [1.82, 2.24) is 0 Å². The Labute approximate surface area is 431 Å². The smallest absolute Gasteiger partial charge is 0.338 e. The molecule has 7 aromatic carbocycles. The molecule has 0 aliphatic heterocycles. The molecule has 74 heavy (non-hydrogen) atoms. The van der Waals surface area contributed by atoms with E-state index in [4.69, 9.17) is 58.4 Å². The highest BCUT2D eigenvalue weighted by molar-refractivity contribution is 7.08. The molecule has 362 valence electrons. The zero-order valence-corrected chi connectivity index (χ0v) is 40.4. The number of carbonyl (C=O) groups excluding carboxylic acids is 1. The Hall–Kier alpha value is -11.0. The number of nitro groups is 1. The predicted molar refractivity (Wildman–Crippen MR) is 288 cm³/mol. The van der Waals surface area contributed by atoms with Gasteiger partial charge in [0.15, 0.2) is 0 Å². The second kappa shape index (κ2) is 27.3. The van der Waals surface area contributed by atoms with Crippen molar-refractivity contribution in [2.24, 2.45) is 0 Å². The van der Waals surface area contributed by atoms with E-state index >= 15 is 0 Å². The Morgan fingerprint density at radius 1 is 0.541 bits per heavy atom. The molecule has 2 aromatic heterocycles. The monoisotopic (exact) mass is 992 g/mol. The SMILES string of the molecule is CCOC(=O)c1ccc(-c2ccc(C#N)c(N)c2)cc1.N#Cc1ccc(-c2cccc([N+](=O)[O-])c2)cc1N.N#Cc1ccc(-c2ccoc2)cc1N.N#Cc1ccc(-c2ccsc2)cc1N.N#Cc1ccccc1. The van der Waals surface area contributed by atoms with Gasteiger partial charge in [0.05, 0.1) is 86.3 Å². The number of esters is 1. The van der Waals surface area contributed by atoms with Gasteiger partial charge in [-0.05, 0) is 142 Å². The minimum Gasteiger partial charge on any atom is -0.472 e. The molecule has 9 rings (SSSR count). The molecule has 15 nitrogen and oxygen atoms in total. The molecular formula is C58H44N10O5S. The molecule has 0 saturated carbocycles. The number of carbonyl (C=O) groups is 1. The normalized spacial score (nSPS) is 9.51. The lowest BCUT2D eigenvalue weighted by atomic mass is 10.0. The van der Waals surface area contributed by atoms with Crippen LogP contribution in [0.15, 0.2) is 191 Å². The largest absolute Gasteiger partial charge is 0.472 e. The molecule has 0 saturated heterocycles. The summed E-state index contributed by atoms with van der Waals surface area (Å²) in [6.45, 7) is 2.12. The third kappa shape index (κ3) is 15.3. The van der Waals surface area contributed by atoms with E-state index in [1.54, 1.807) is 116 Å². The molecule has 0 aliphatic rings. The van der Waals surface area contributed by atoms with Gasteiger partial charge in [-0.1, -0.05) is 66.7 Å². The molecule has 0 unspecified atom stereocenters. The van der Waals surface area contributed by atoms with Crippen LogP contribution >= 0.6 is 11.3 Å². The predicted octanol–water partition coefficient (Wildman–Crippen LogP) is 12.5. The summed E-state index contributed by atoms with van der Waals surface area (Å²) in [6, 6.07) is 57.5. The van der Waals surface area contributed by atoms with Crippen LogP contribution in [-0.4, -0.2) is 17.5 Å². The Morgan fingerprint density at radius 3 is 1.39 bits per heavy atom. The van der Waals surface area contributed by atoms with Crippen molar-refractivity contribution in [1.29, 1.82) is 26.3 Å². The number of hydrogen-bond acceptors (Lipinski definition) is 15. The van der Waals surface area contributed by atoms with Crippen LogP contribution in [0.3, 0.4) is 0 Å². The van der Waals surface area contributed by atoms with Gasteiger partial charge >= 0.3 is 5.97 Å². The molecule has 0 radical (unpaired) electrons. The van der Waals surface area contributed by atoms with E-state index in [0.29, 0.717) is 68.3 Å². The number of anilines is 4. The Balaban J connectivity index is 0.000000175. The van der Waals surface area contributed by atoms with E-state index in [2.05, 4.69) is 5.38 Å². The molecule has 0 aliphatic carbocycles. The Kier molecular flexibility index (Phi) is 19.9. The summed E-state index contributed by atoms with van der Waals surface area (Å²) >= 11 is 1.64. The van der Waals surface area contributed by atoms with E-state index < -0.39 is 4.92 Å². The maximum absolute atomic E-state index is 11.6. The molecule has 0 amide bonds. The van der Waals surface area contributed by atoms with Crippen LogP contribution in [-0.2, 0) is 4.74 Å². The lowest BCUT2D eigenvalue weighted by molar-refractivity contribution is -0.384. The molecule has 9 aromatic rings. The minimum atomic E-state index is -0.448. The number of hydrogen-bond donors (Lipinski definition) is 4. The molecule has 8 N–H and O–H groups in total. The standard InChI is InChI=1S/C16H14N2O2.C13H9N3O2.C11H8N2O.C11H8N2S.C7H5N/c1-2-20-16(19)12-5-3-11(4-6-12)13-7-8-14(10-17)15(18)9-13;14-8-11-5-4-10(7-13(11)15)9-2-1-3-12(6-9)16(17)18;2*12-6-9-2-1-8(5-11(9)13)10-3-4-14-7-10;8-6-7-4-2-1-3-5-7/h3-9H,2,18H2,1H3;1-7H,15H2;2*1-5,7H,13H2;1-5H. The highest BCUT2D eigenvalue weighted by atomic mass is 32.1. The van der Waals surface area contributed by atoms with E-state index in [1.807, 2.05) is 102 Å². The van der Waals surface area contributed by atoms with Crippen molar-refractivity contribution in [3.63, 3.8) is 0 Å². The number of thiophene rings is 1. The highest BCUT2D eigenvalue weighted by Crippen LogP contribution is 2.29. The number of nitrogens with zero attached hydrogens (tertiary/aromatic N) is 6. The van der Waals surface area contributed by atoms with Gasteiger partial charge in [0.1, 0.15) is 24.3 Å². The van der Waals surface area contributed by atoms with Gasteiger partial charge in [-0.3, -0.25) is 10.1 Å². The summed E-state index contributed by atoms with van der Waals surface area (Å²) < 4.78 is 9.89. The van der Waals surface area contributed by atoms with Crippen LogP contribution in [0.1, 0.15) is 45.1 Å². The fourth-order valence-electron chi connectivity index (χ4n) is 6.56. The fraction of sp³-hybridized carbons (Fsp3) is 0.0345. The summed E-state index contributed by atoms with van der Waals surface area (Å²) in [4.78, 5) is 21.8. The van der Waals surface area contributed by atoms with Gasteiger partial charge < -0.3 is 32.1 Å². The number of furan rings is 1. The van der Waals surface area contributed by atoms with Crippen molar-refractivity contribution in [3.8, 4) is 74.9 Å². The van der Waals surface area contributed by atoms with Crippen molar-refractivity contribution in [2.45, 2.75) is 6.92 Å². The molecule has 2 heterocycles. The van der Waals surface area contributed by atoms with Gasteiger partial charge in [0, 0.05) is 17.7 Å². The Bertz CT molecular complexity index is 3470. The number of rotatable bonds is 7. The minimum absolute atomic E-state index is 0.0235. The summed E-state index contributed by atoms with van der Waals surface area (Å²) in [7, 11) is 0. The van der Waals surface area contributed by atoms with Gasteiger partial charge in [0.2, 0.25) is 0 Å². The van der Waals surface area contributed by atoms with Crippen LogP contribution in [0.2, 0.25) is 0 Å². The van der Waals surface area contributed by atoms with E-state index in [9.17, 15) is 14.9 Å². The second-order valence-corrected chi connectivity index (χ2v) is 16.0. The van der Waals surface area contributed by atoms with Crippen LogP contribution in [0.4, 0.5) is 28.4 Å². The van der Waals surface area contributed by atoms with Crippen molar-refractivity contribution < 1.29 is 18.9 Å². The number of nitrogens with two attached hydrogens (primary N) is 4. The third-order valence-corrected chi connectivity index (χ3v) is 11.1. The Morgan fingerprint density at radius 2 is 1.00 bits per heavy atom. The second-order valence-electron chi connectivity index (χ2n) is 15.3. The summed E-state index contributed by atoms with van der Waals surface area (Å²) in [6.07, 6.45) is 3.24. The molecule has 0 atom stereocenters. The molecule has 16 heteroatoms. The van der Waals surface area contributed by atoms with E-state index in [-0.39, 0.29) is 11.7 Å². The van der Waals surface area contributed by atoms with Crippen LogP contribution in [0.25, 0.3) is 44.5 Å². The number of benzene rings is 7. The van der Waals surface area contributed by atoms with Crippen LogP contribution in [0, 0.1) is 66.8 Å². The number of nitriles is 5. The fourth-order valence-corrected chi connectivity index (χ4v) is 7.22.